The van der Waals surface area contributed by atoms with Crippen LogP contribution in [0.1, 0.15) is 65.2 Å². The van der Waals surface area contributed by atoms with Crippen LogP contribution < -0.4 is 5.32 Å². The maximum Gasteiger partial charge on any atom is 0.0662 e. The molecule has 2 heteroatoms. The molecule has 1 saturated carbocycles. The molecule has 16 heavy (non-hydrogen) atoms. The molecule has 0 aromatic rings. The Balaban J connectivity index is 2.19. The van der Waals surface area contributed by atoms with Crippen LogP contribution in [-0.4, -0.2) is 23.8 Å². The first-order chi connectivity index (χ1) is 7.76. The molecular weight excluding hydrogens is 198 g/mol. The summed E-state index contributed by atoms with van der Waals surface area (Å²) in [6, 6.07) is 0.656. The van der Waals surface area contributed by atoms with Gasteiger partial charge in [0.2, 0.25) is 0 Å². The quantitative estimate of drug-likeness (QED) is 0.683. The summed E-state index contributed by atoms with van der Waals surface area (Å²) in [4.78, 5) is 0. The first-order valence-corrected chi connectivity index (χ1v) is 7.17. The van der Waals surface area contributed by atoms with Gasteiger partial charge in [0.15, 0.2) is 0 Å². The molecule has 0 aromatic heterocycles. The number of hydrogen-bond donors (Lipinski definition) is 2. The normalized spacial score (nSPS) is 28.7. The lowest BCUT2D eigenvalue weighted by Crippen LogP contribution is -2.35. The molecule has 2 nitrogen and oxygen atoms in total. The highest BCUT2D eigenvalue weighted by Gasteiger charge is 2.18. The Morgan fingerprint density at radius 1 is 1.19 bits per heavy atom. The van der Waals surface area contributed by atoms with Gasteiger partial charge in [-0.25, -0.2) is 0 Å². The molecular formula is C14H29NO. The monoisotopic (exact) mass is 227 g/mol. The van der Waals surface area contributed by atoms with Crippen molar-refractivity contribution in [1.82, 2.24) is 5.32 Å². The van der Waals surface area contributed by atoms with Gasteiger partial charge in [-0.2, -0.15) is 0 Å². The van der Waals surface area contributed by atoms with Crippen LogP contribution in [0, 0.1) is 5.92 Å². The summed E-state index contributed by atoms with van der Waals surface area (Å²) in [6.07, 6.45) is 10.2. The zero-order valence-electron chi connectivity index (χ0n) is 11.0. The SMILES string of the molecule is CCCC1CCCC(NCC(O)CC)CC1. The molecule has 0 amide bonds. The predicted molar refractivity (Wildman–Crippen MR) is 69.6 cm³/mol. The molecule has 0 aliphatic heterocycles. The minimum Gasteiger partial charge on any atom is -0.392 e. The third-order valence-electron chi connectivity index (χ3n) is 3.90. The molecule has 0 radical (unpaired) electrons. The van der Waals surface area contributed by atoms with E-state index in [0.29, 0.717) is 6.04 Å². The molecule has 1 aliphatic carbocycles. The molecule has 1 rings (SSSR count). The van der Waals surface area contributed by atoms with E-state index in [-0.39, 0.29) is 6.10 Å². The Hall–Kier alpha value is -0.0800. The topological polar surface area (TPSA) is 32.3 Å². The summed E-state index contributed by atoms with van der Waals surface area (Å²) in [7, 11) is 0. The van der Waals surface area contributed by atoms with Crippen molar-refractivity contribution in [1.29, 1.82) is 0 Å². The van der Waals surface area contributed by atoms with Crippen molar-refractivity contribution in [3.8, 4) is 0 Å². The fraction of sp³-hybridized carbons (Fsp3) is 1.00. The summed E-state index contributed by atoms with van der Waals surface area (Å²) >= 11 is 0. The second kappa shape index (κ2) is 8.08. The van der Waals surface area contributed by atoms with Crippen LogP contribution in [0.25, 0.3) is 0 Å². The van der Waals surface area contributed by atoms with E-state index in [1.165, 1.54) is 44.9 Å². The van der Waals surface area contributed by atoms with E-state index in [1.807, 2.05) is 6.92 Å². The summed E-state index contributed by atoms with van der Waals surface area (Å²) in [5.41, 5.74) is 0. The summed E-state index contributed by atoms with van der Waals surface area (Å²) in [6.45, 7) is 5.11. The molecule has 0 aromatic carbocycles. The van der Waals surface area contributed by atoms with E-state index in [0.717, 1.165) is 18.9 Å². The Morgan fingerprint density at radius 2 is 2.00 bits per heavy atom. The van der Waals surface area contributed by atoms with Gasteiger partial charge < -0.3 is 10.4 Å². The molecule has 0 spiro atoms. The van der Waals surface area contributed by atoms with Crippen molar-refractivity contribution in [2.24, 2.45) is 5.92 Å². The van der Waals surface area contributed by atoms with Crippen molar-refractivity contribution >= 4 is 0 Å². The van der Waals surface area contributed by atoms with Crippen LogP contribution in [0.5, 0.6) is 0 Å². The molecule has 3 atom stereocenters. The first kappa shape index (κ1) is 14.0. The van der Waals surface area contributed by atoms with Crippen LogP contribution >= 0.6 is 0 Å². The van der Waals surface area contributed by atoms with Crippen LogP contribution in [-0.2, 0) is 0 Å². The van der Waals surface area contributed by atoms with Crippen molar-refractivity contribution in [2.45, 2.75) is 77.4 Å². The summed E-state index contributed by atoms with van der Waals surface area (Å²) < 4.78 is 0. The highest BCUT2D eigenvalue weighted by Crippen LogP contribution is 2.26. The zero-order valence-corrected chi connectivity index (χ0v) is 11.0. The van der Waals surface area contributed by atoms with E-state index in [2.05, 4.69) is 12.2 Å². The molecule has 0 bridgehead atoms. The van der Waals surface area contributed by atoms with Crippen LogP contribution in [0.4, 0.5) is 0 Å². The van der Waals surface area contributed by atoms with Gasteiger partial charge in [0.1, 0.15) is 0 Å². The lowest BCUT2D eigenvalue weighted by Gasteiger charge is -2.18. The second-order valence-corrected chi connectivity index (χ2v) is 5.33. The Morgan fingerprint density at radius 3 is 2.69 bits per heavy atom. The van der Waals surface area contributed by atoms with Gasteiger partial charge in [-0.3, -0.25) is 0 Å². The lowest BCUT2D eigenvalue weighted by molar-refractivity contribution is 0.161. The van der Waals surface area contributed by atoms with Gasteiger partial charge in [0, 0.05) is 12.6 Å². The van der Waals surface area contributed by atoms with Gasteiger partial charge in [-0.15, -0.1) is 0 Å². The fourth-order valence-corrected chi connectivity index (χ4v) is 2.73. The number of hydrogen-bond acceptors (Lipinski definition) is 2. The van der Waals surface area contributed by atoms with E-state index in [4.69, 9.17) is 0 Å². The van der Waals surface area contributed by atoms with E-state index >= 15 is 0 Å². The maximum atomic E-state index is 9.53. The van der Waals surface area contributed by atoms with Crippen LogP contribution in [0.3, 0.4) is 0 Å². The van der Waals surface area contributed by atoms with Crippen LogP contribution in [0.2, 0.25) is 0 Å². The van der Waals surface area contributed by atoms with Gasteiger partial charge in [0.05, 0.1) is 6.10 Å². The van der Waals surface area contributed by atoms with Crippen molar-refractivity contribution in [2.75, 3.05) is 6.54 Å². The number of aliphatic hydroxyl groups excluding tert-OH is 1. The maximum absolute atomic E-state index is 9.53. The van der Waals surface area contributed by atoms with Crippen molar-refractivity contribution in [3.05, 3.63) is 0 Å². The Kier molecular flexibility index (Phi) is 7.06. The Labute approximate surface area is 101 Å². The predicted octanol–water partition coefficient (Wildman–Crippen LogP) is 3.10. The zero-order chi connectivity index (χ0) is 11.8. The molecule has 0 heterocycles. The van der Waals surface area contributed by atoms with E-state index in [1.54, 1.807) is 0 Å². The third kappa shape index (κ3) is 5.31. The van der Waals surface area contributed by atoms with Crippen LogP contribution in [0.15, 0.2) is 0 Å². The molecule has 2 N–H and O–H groups in total. The number of aliphatic hydroxyl groups is 1. The minimum atomic E-state index is -0.158. The fourth-order valence-electron chi connectivity index (χ4n) is 2.73. The summed E-state index contributed by atoms with van der Waals surface area (Å²) in [5, 5.41) is 13.1. The minimum absolute atomic E-state index is 0.158. The standard InChI is InChI=1S/C14H29NO/c1-3-6-12-7-5-8-13(10-9-12)15-11-14(16)4-2/h12-16H,3-11H2,1-2H3. The van der Waals surface area contributed by atoms with Gasteiger partial charge in [-0.1, -0.05) is 39.5 Å². The smallest absolute Gasteiger partial charge is 0.0662 e. The third-order valence-corrected chi connectivity index (χ3v) is 3.90. The van der Waals surface area contributed by atoms with Crippen molar-refractivity contribution < 1.29 is 5.11 Å². The number of nitrogens with one attached hydrogen (secondary N) is 1. The molecule has 1 fully saturated rings. The van der Waals surface area contributed by atoms with E-state index < -0.39 is 0 Å². The first-order valence-electron chi connectivity index (χ1n) is 7.17. The average Bonchev–Trinajstić information content (AvgIpc) is 2.52. The molecule has 3 unspecified atom stereocenters. The van der Waals surface area contributed by atoms with Gasteiger partial charge in [0.25, 0.3) is 0 Å². The Bertz CT molecular complexity index is 172. The summed E-state index contributed by atoms with van der Waals surface area (Å²) in [5.74, 6) is 0.966. The highest BCUT2D eigenvalue weighted by atomic mass is 16.3. The molecule has 1 aliphatic rings. The van der Waals surface area contributed by atoms with Gasteiger partial charge >= 0.3 is 0 Å². The average molecular weight is 227 g/mol. The highest BCUT2D eigenvalue weighted by molar-refractivity contribution is 4.75. The second-order valence-electron chi connectivity index (χ2n) is 5.33. The molecule has 96 valence electrons. The molecule has 0 saturated heterocycles. The van der Waals surface area contributed by atoms with Gasteiger partial charge in [-0.05, 0) is 31.6 Å². The largest absolute Gasteiger partial charge is 0.392 e. The van der Waals surface area contributed by atoms with E-state index in [9.17, 15) is 5.11 Å². The lowest BCUT2D eigenvalue weighted by atomic mass is 9.95. The number of rotatable bonds is 6. The van der Waals surface area contributed by atoms with Crippen molar-refractivity contribution in [3.63, 3.8) is 0 Å².